The number of carbonyl (C=O) groups is 2. The molecule has 1 aromatic carbocycles. The summed E-state index contributed by atoms with van der Waals surface area (Å²) in [4.78, 5) is 26.6. The first-order valence-electron chi connectivity index (χ1n) is 7.03. The topological polar surface area (TPSA) is 60.9 Å². The van der Waals surface area contributed by atoms with E-state index >= 15 is 0 Å². The highest BCUT2D eigenvalue weighted by molar-refractivity contribution is 5.94. The molecule has 6 heteroatoms. The first-order valence-corrected chi connectivity index (χ1v) is 7.03. The number of urea groups is 1. The predicted molar refractivity (Wildman–Crippen MR) is 76.8 cm³/mol. The van der Waals surface area contributed by atoms with E-state index in [1.165, 1.54) is 35.0 Å². The maximum absolute atomic E-state index is 13.3. The maximum atomic E-state index is 13.3. The average Bonchev–Trinajstić information content (AvgIpc) is 2.71. The number of carbonyl (C=O) groups excluding carboxylic acids is 1. The van der Waals surface area contributed by atoms with E-state index in [1.807, 2.05) is 0 Å². The van der Waals surface area contributed by atoms with Gasteiger partial charge < -0.3 is 10.0 Å². The van der Waals surface area contributed by atoms with Crippen molar-refractivity contribution < 1.29 is 19.1 Å². The van der Waals surface area contributed by atoms with Gasteiger partial charge in [0, 0.05) is 19.3 Å². The molecule has 1 atom stereocenters. The standard InChI is InChI=1S/C15H19FN2O3/c1-17(12-7-5-6-11(16)10-12)15(21)18-9-4-2-3-8-13(18)14(19)20/h5-7,10,13H,2-4,8-9H2,1H3,(H,19,20). The minimum atomic E-state index is -0.988. The normalized spacial score (nSPS) is 19.0. The van der Waals surface area contributed by atoms with Crippen molar-refractivity contribution in [2.45, 2.75) is 31.7 Å². The van der Waals surface area contributed by atoms with Gasteiger partial charge in [-0.15, -0.1) is 0 Å². The van der Waals surface area contributed by atoms with Gasteiger partial charge in [0.15, 0.2) is 0 Å². The van der Waals surface area contributed by atoms with E-state index in [1.54, 1.807) is 6.07 Å². The van der Waals surface area contributed by atoms with Crippen LogP contribution >= 0.6 is 0 Å². The Hall–Kier alpha value is -2.11. The molecule has 2 rings (SSSR count). The molecule has 114 valence electrons. The molecule has 21 heavy (non-hydrogen) atoms. The average molecular weight is 294 g/mol. The Labute approximate surface area is 123 Å². The summed E-state index contributed by atoms with van der Waals surface area (Å²) < 4.78 is 13.3. The number of hydrogen-bond donors (Lipinski definition) is 1. The number of hydrogen-bond acceptors (Lipinski definition) is 2. The molecule has 0 aromatic heterocycles. The number of anilines is 1. The van der Waals surface area contributed by atoms with Gasteiger partial charge in [-0.25, -0.2) is 14.0 Å². The van der Waals surface area contributed by atoms with Crippen molar-refractivity contribution in [3.63, 3.8) is 0 Å². The molecule has 0 radical (unpaired) electrons. The molecule has 1 aromatic rings. The zero-order valence-corrected chi connectivity index (χ0v) is 12.0. The van der Waals surface area contributed by atoms with Crippen LogP contribution in [0.1, 0.15) is 25.7 Å². The molecular formula is C15H19FN2O3. The Morgan fingerprint density at radius 1 is 1.33 bits per heavy atom. The smallest absolute Gasteiger partial charge is 0.326 e. The lowest BCUT2D eigenvalue weighted by molar-refractivity contribution is -0.142. The van der Waals surface area contributed by atoms with Gasteiger partial charge in [-0.05, 0) is 31.0 Å². The maximum Gasteiger partial charge on any atom is 0.326 e. The van der Waals surface area contributed by atoms with Crippen LogP contribution in [-0.4, -0.2) is 41.6 Å². The van der Waals surface area contributed by atoms with E-state index in [2.05, 4.69) is 0 Å². The second-order valence-corrected chi connectivity index (χ2v) is 5.22. The van der Waals surface area contributed by atoms with Crippen LogP contribution in [0.5, 0.6) is 0 Å². The first-order chi connectivity index (χ1) is 10.0. The minimum absolute atomic E-state index is 0.408. The molecule has 2 amide bonds. The highest BCUT2D eigenvalue weighted by Crippen LogP contribution is 2.21. The summed E-state index contributed by atoms with van der Waals surface area (Å²) in [7, 11) is 1.53. The molecule has 1 saturated heterocycles. The SMILES string of the molecule is CN(C(=O)N1CCCCCC1C(=O)O)c1cccc(F)c1. The van der Waals surface area contributed by atoms with Crippen molar-refractivity contribution in [2.75, 3.05) is 18.5 Å². The van der Waals surface area contributed by atoms with Crippen molar-refractivity contribution in [3.8, 4) is 0 Å². The molecule has 1 aliphatic heterocycles. The highest BCUT2D eigenvalue weighted by Gasteiger charge is 2.32. The first kappa shape index (κ1) is 15.3. The van der Waals surface area contributed by atoms with E-state index in [-0.39, 0.29) is 0 Å². The number of nitrogens with zero attached hydrogens (tertiary/aromatic N) is 2. The quantitative estimate of drug-likeness (QED) is 0.912. The van der Waals surface area contributed by atoms with Crippen molar-refractivity contribution in [1.29, 1.82) is 0 Å². The van der Waals surface area contributed by atoms with E-state index < -0.39 is 23.9 Å². The van der Waals surface area contributed by atoms with Gasteiger partial charge in [-0.3, -0.25) is 4.90 Å². The molecule has 0 bridgehead atoms. The fourth-order valence-electron chi connectivity index (χ4n) is 2.58. The highest BCUT2D eigenvalue weighted by atomic mass is 19.1. The number of benzene rings is 1. The van der Waals surface area contributed by atoms with Crippen LogP contribution in [0.15, 0.2) is 24.3 Å². The zero-order chi connectivity index (χ0) is 15.4. The minimum Gasteiger partial charge on any atom is -0.480 e. The second kappa shape index (κ2) is 6.56. The van der Waals surface area contributed by atoms with E-state index in [0.29, 0.717) is 18.7 Å². The van der Waals surface area contributed by atoms with Crippen LogP contribution in [0.25, 0.3) is 0 Å². The Kier molecular flexibility index (Phi) is 4.77. The number of amides is 2. The van der Waals surface area contributed by atoms with Gasteiger partial charge in [0.2, 0.25) is 0 Å². The van der Waals surface area contributed by atoms with Crippen molar-refractivity contribution >= 4 is 17.7 Å². The van der Waals surface area contributed by atoms with E-state index in [9.17, 15) is 19.1 Å². The summed E-state index contributed by atoms with van der Waals surface area (Å²) >= 11 is 0. The third-order valence-corrected chi connectivity index (χ3v) is 3.77. The van der Waals surface area contributed by atoms with Crippen LogP contribution in [0.4, 0.5) is 14.9 Å². The zero-order valence-electron chi connectivity index (χ0n) is 12.0. The van der Waals surface area contributed by atoms with Crippen molar-refractivity contribution in [1.82, 2.24) is 4.90 Å². The van der Waals surface area contributed by atoms with Gasteiger partial charge in [-0.1, -0.05) is 18.9 Å². The van der Waals surface area contributed by atoms with Gasteiger partial charge in [0.25, 0.3) is 0 Å². The van der Waals surface area contributed by atoms with Gasteiger partial charge in [0.1, 0.15) is 11.9 Å². The largest absolute Gasteiger partial charge is 0.480 e. The molecule has 0 spiro atoms. The van der Waals surface area contributed by atoms with E-state index in [4.69, 9.17) is 0 Å². The number of carboxylic acids is 1. The monoisotopic (exact) mass is 294 g/mol. The molecule has 1 heterocycles. The van der Waals surface area contributed by atoms with Crippen LogP contribution in [0, 0.1) is 5.82 Å². The number of carboxylic acid groups (broad SMARTS) is 1. The Bertz CT molecular complexity index is 535. The number of halogens is 1. The van der Waals surface area contributed by atoms with Crippen LogP contribution < -0.4 is 4.90 Å². The molecular weight excluding hydrogens is 275 g/mol. The van der Waals surface area contributed by atoms with Crippen molar-refractivity contribution in [2.24, 2.45) is 0 Å². The fraction of sp³-hybridized carbons (Fsp3) is 0.467. The molecule has 1 fully saturated rings. The molecule has 1 N–H and O–H groups in total. The third kappa shape index (κ3) is 3.51. The molecule has 0 saturated carbocycles. The Balaban J connectivity index is 2.21. The number of aliphatic carboxylic acids is 1. The van der Waals surface area contributed by atoms with Crippen LogP contribution in [0.3, 0.4) is 0 Å². The molecule has 5 nitrogen and oxygen atoms in total. The molecule has 1 aliphatic rings. The summed E-state index contributed by atoms with van der Waals surface area (Å²) in [5.41, 5.74) is 0.411. The number of rotatable bonds is 2. The Morgan fingerprint density at radius 3 is 2.76 bits per heavy atom. The summed E-state index contributed by atoms with van der Waals surface area (Å²) in [5.74, 6) is -1.42. The van der Waals surface area contributed by atoms with Gasteiger partial charge >= 0.3 is 12.0 Å². The summed E-state index contributed by atoms with van der Waals surface area (Å²) in [6, 6.07) is 4.48. The second-order valence-electron chi connectivity index (χ2n) is 5.22. The lowest BCUT2D eigenvalue weighted by Gasteiger charge is -2.31. The third-order valence-electron chi connectivity index (χ3n) is 3.77. The fourth-order valence-corrected chi connectivity index (χ4v) is 2.58. The van der Waals surface area contributed by atoms with Gasteiger partial charge in [0.05, 0.1) is 0 Å². The summed E-state index contributed by atoms with van der Waals surface area (Å²) in [6.07, 6.45) is 2.95. The Morgan fingerprint density at radius 2 is 2.10 bits per heavy atom. The summed E-state index contributed by atoms with van der Waals surface area (Å²) in [6.45, 7) is 0.412. The summed E-state index contributed by atoms with van der Waals surface area (Å²) in [5, 5.41) is 9.31. The molecule has 1 unspecified atom stereocenters. The lowest BCUT2D eigenvalue weighted by atomic mass is 10.1. The molecule has 0 aliphatic carbocycles. The van der Waals surface area contributed by atoms with Gasteiger partial charge in [-0.2, -0.15) is 0 Å². The van der Waals surface area contributed by atoms with E-state index in [0.717, 1.165) is 19.3 Å². The predicted octanol–water partition coefficient (Wildman–Crippen LogP) is 2.71. The van der Waals surface area contributed by atoms with Crippen LogP contribution in [-0.2, 0) is 4.79 Å². The lowest BCUT2D eigenvalue weighted by Crippen LogP contribution is -2.50. The number of likely N-dealkylation sites (tertiary alicyclic amines) is 1. The van der Waals surface area contributed by atoms with Crippen molar-refractivity contribution in [3.05, 3.63) is 30.1 Å². The van der Waals surface area contributed by atoms with Crippen LogP contribution in [0.2, 0.25) is 0 Å².